The highest BCUT2D eigenvalue weighted by Crippen LogP contribution is 2.35. The predicted molar refractivity (Wildman–Crippen MR) is 71.9 cm³/mol. The molecule has 1 heterocycles. The van der Waals surface area contributed by atoms with Crippen molar-refractivity contribution in [1.82, 2.24) is 20.1 Å². The Morgan fingerprint density at radius 2 is 2.39 bits per heavy atom. The molecule has 1 amide bonds. The van der Waals surface area contributed by atoms with Gasteiger partial charge in [0.1, 0.15) is 5.82 Å². The van der Waals surface area contributed by atoms with Gasteiger partial charge in [-0.05, 0) is 31.5 Å². The molecule has 1 aliphatic carbocycles. The van der Waals surface area contributed by atoms with Gasteiger partial charge in [-0.1, -0.05) is 13.8 Å². The van der Waals surface area contributed by atoms with Crippen molar-refractivity contribution in [2.24, 2.45) is 5.92 Å². The summed E-state index contributed by atoms with van der Waals surface area (Å²) in [6.07, 6.45) is 3.96. The quantitative estimate of drug-likeness (QED) is 0.775. The predicted octanol–water partition coefficient (Wildman–Crippen LogP) is 1.98. The van der Waals surface area contributed by atoms with Crippen LogP contribution in [-0.4, -0.2) is 27.2 Å². The molecule has 1 saturated carbocycles. The minimum Gasteiger partial charge on any atom is -0.355 e. The maximum Gasteiger partial charge on any atom is 0.222 e. The lowest BCUT2D eigenvalue weighted by Crippen LogP contribution is -2.31. The summed E-state index contributed by atoms with van der Waals surface area (Å²) in [7, 11) is 0. The van der Waals surface area contributed by atoms with E-state index in [0.29, 0.717) is 17.4 Å². The van der Waals surface area contributed by atoms with Crippen LogP contribution in [0, 0.1) is 10.7 Å². The molecule has 1 aliphatic rings. The summed E-state index contributed by atoms with van der Waals surface area (Å²) in [4.78, 5) is 11.6. The van der Waals surface area contributed by atoms with Crippen molar-refractivity contribution < 1.29 is 4.79 Å². The summed E-state index contributed by atoms with van der Waals surface area (Å²) >= 11 is 5.21. The molecule has 0 bridgehead atoms. The molecule has 5 nitrogen and oxygen atoms in total. The Kier molecular flexibility index (Phi) is 4.16. The van der Waals surface area contributed by atoms with Crippen LogP contribution < -0.4 is 5.32 Å². The van der Waals surface area contributed by atoms with E-state index in [4.69, 9.17) is 12.2 Å². The van der Waals surface area contributed by atoms with Crippen molar-refractivity contribution in [2.75, 3.05) is 6.54 Å². The lowest BCUT2D eigenvalue weighted by Gasteiger charge is -2.10. The van der Waals surface area contributed by atoms with E-state index in [1.54, 1.807) is 0 Å². The molecule has 0 saturated heterocycles. The number of amides is 1. The molecule has 0 aliphatic heterocycles. The lowest BCUT2D eigenvalue weighted by atomic mass is 10.1. The van der Waals surface area contributed by atoms with E-state index >= 15 is 0 Å². The standard InChI is InChI=1S/C12H20N4OS/c1-3-8(2)11(17)13-7-6-10-14-15-12(18)16(10)9-4-5-9/h8-9H,3-7H2,1-2H3,(H,13,17)(H,15,18)/t8-/m1/s1. The van der Waals surface area contributed by atoms with Gasteiger partial charge in [0.15, 0.2) is 4.77 Å². The Balaban J connectivity index is 1.87. The van der Waals surface area contributed by atoms with Gasteiger partial charge in [0.2, 0.25) is 5.91 Å². The van der Waals surface area contributed by atoms with Gasteiger partial charge in [-0.2, -0.15) is 5.10 Å². The largest absolute Gasteiger partial charge is 0.355 e. The average molecular weight is 268 g/mol. The second kappa shape index (κ2) is 5.65. The molecule has 1 fully saturated rings. The van der Waals surface area contributed by atoms with Gasteiger partial charge < -0.3 is 9.88 Å². The molecular weight excluding hydrogens is 248 g/mol. The summed E-state index contributed by atoms with van der Waals surface area (Å²) in [5.41, 5.74) is 0. The van der Waals surface area contributed by atoms with Gasteiger partial charge >= 0.3 is 0 Å². The van der Waals surface area contributed by atoms with Crippen molar-refractivity contribution in [1.29, 1.82) is 0 Å². The van der Waals surface area contributed by atoms with Crippen LogP contribution in [0.2, 0.25) is 0 Å². The minimum atomic E-state index is 0.0780. The number of nitrogens with zero attached hydrogens (tertiary/aromatic N) is 2. The van der Waals surface area contributed by atoms with Gasteiger partial charge in [0, 0.05) is 24.9 Å². The Bertz CT molecular complexity index is 475. The molecule has 2 rings (SSSR count). The van der Waals surface area contributed by atoms with Crippen molar-refractivity contribution in [2.45, 2.75) is 45.6 Å². The maximum absolute atomic E-state index is 11.6. The molecule has 1 atom stereocenters. The van der Waals surface area contributed by atoms with Gasteiger partial charge in [-0.3, -0.25) is 9.89 Å². The third kappa shape index (κ3) is 2.98. The lowest BCUT2D eigenvalue weighted by molar-refractivity contribution is -0.124. The van der Waals surface area contributed by atoms with Gasteiger partial charge in [0.25, 0.3) is 0 Å². The topological polar surface area (TPSA) is 62.7 Å². The number of hydrogen-bond acceptors (Lipinski definition) is 3. The summed E-state index contributed by atoms with van der Waals surface area (Å²) in [6.45, 7) is 4.58. The molecule has 0 radical (unpaired) electrons. The van der Waals surface area contributed by atoms with Crippen LogP contribution in [0.15, 0.2) is 0 Å². The molecule has 2 N–H and O–H groups in total. The van der Waals surface area contributed by atoms with E-state index in [2.05, 4.69) is 20.1 Å². The van der Waals surface area contributed by atoms with E-state index in [0.717, 1.165) is 18.7 Å². The zero-order valence-corrected chi connectivity index (χ0v) is 11.7. The van der Waals surface area contributed by atoms with Crippen LogP contribution in [0.3, 0.4) is 0 Å². The first kappa shape index (κ1) is 13.3. The third-order valence-corrected chi connectivity index (χ3v) is 3.69. The van der Waals surface area contributed by atoms with Crippen molar-refractivity contribution in [3.63, 3.8) is 0 Å². The molecule has 1 aromatic rings. The monoisotopic (exact) mass is 268 g/mol. The smallest absolute Gasteiger partial charge is 0.222 e. The van der Waals surface area contributed by atoms with E-state index in [1.165, 1.54) is 12.8 Å². The number of carbonyl (C=O) groups is 1. The van der Waals surface area contributed by atoms with Crippen LogP contribution in [0.25, 0.3) is 0 Å². The van der Waals surface area contributed by atoms with Gasteiger partial charge in [-0.25, -0.2) is 0 Å². The number of carbonyl (C=O) groups excluding carboxylic acids is 1. The second-order valence-electron chi connectivity index (χ2n) is 4.90. The highest BCUT2D eigenvalue weighted by Gasteiger charge is 2.26. The Morgan fingerprint density at radius 3 is 3.00 bits per heavy atom. The van der Waals surface area contributed by atoms with Crippen molar-refractivity contribution in [3.8, 4) is 0 Å². The zero-order chi connectivity index (χ0) is 13.1. The van der Waals surface area contributed by atoms with E-state index < -0.39 is 0 Å². The Labute approximate surface area is 112 Å². The van der Waals surface area contributed by atoms with Crippen molar-refractivity contribution in [3.05, 3.63) is 10.6 Å². The molecule has 0 unspecified atom stereocenters. The van der Waals surface area contributed by atoms with Gasteiger partial charge in [0.05, 0.1) is 0 Å². The van der Waals surface area contributed by atoms with Gasteiger partial charge in [-0.15, -0.1) is 0 Å². The Hall–Kier alpha value is -1.17. The summed E-state index contributed by atoms with van der Waals surface area (Å²) < 4.78 is 2.78. The fraction of sp³-hybridized carbons (Fsp3) is 0.750. The van der Waals surface area contributed by atoms with Crippen LogP contribution in [0.5, 0.6) is 0 Å². The molecule has 100 valence electrons. The first-order valence-corrected chi connectivity index (χ1v) is 6.97. The first-order chi connectivity index (χ1) is 8.63. The van der Waals surface area contributed by atoms with Crippen LogP contribution in [-0.2, 0) is 11.2 Å². The average Bonchev–Trinajstić information content (AvgIpc) is 3.13. The number of aromatic amines is 1. The zero-order valence-electron chi connectivity index (χ0n) is 10.9. The molecule has 1 aromatic heterocycles. The normalized spacial score (nSPS) is 16.6. The van der Waals surface area contributed by atoms with Crippen LogP contribution in [0.1, 0.15) is 45.0 Å². The van der Waals surface area contributed by atoms with E-state index in [-0.39, 0.29) is 11.8 Å². The van der Waals surface area contributed by atoms with E-state index in [9.17, 15) is 4.79 Å². The number of rotatable bonds is 6. The Morgan fingerprint density at radius 1 is 1.67 bits per heavy atom. The second-order valence-corrected chi connectivity index (χ2v) is 5.28. The number of nitrogens with one attached hydrogen (secondary N) is 2. The number of hydrogen-bond donors (Lipinski definition) is 2. The number of aromatic nitrogens is 3. The summed E-state index contributed by atoms with van der Waals surface area (Å²) in [6, 6.07) is 0.525. The van der Waals surface area contributed by atoms with E-state index in [1.807, 2.05) is 13.8 Å². The third-order valence-electron chi connectivity index (χ3n) is 3.40. The fourth-order valence-corrected chi connectivity index (χ4v) is 2.18. The molecule has 0 spiro atoms. The highest BCUT2D eigenvalue weighted by molar-refractivity contribution is 7.71. The van der Waals surface area contributed by atoms with Crippen LogP contribution >= 0.6 is 12.2 Å². The summed E-state index contributed by atoms with van der Waals surface area (Å²) in [5.74, 6) is 1.14. The summed E-state index contributed by atoms with van der Waals surface area (Å²) in [5, 5.41) is 10.0. The van der Waals surface area contributed by atoms with Crippen LogP contribution in [0.4, 0.5) is 0 Å². The first-order valence-electron chi connectivity index (χ1n) is 6.57. The molecule has 18 heavy (non-hydrogen) atoms. The minimum absolute atomic E-state index is 0.0780. The molecule has 6 heteroatoms. The maximum atomic E-state index is 11.6. The molecule has 0 aromatic carbocycles. The highest BCUT2D eigenvalue weighted by atomic mass is 32.1. The number of H-pyrrole nitrogens is 1. The molecular formula is C12H20N4OS. The SMILES string of the molecule is CC[C@@H](C)C(=O)NCCc1n[nH]c(=S)n1C1CC1. The fourth-order valence-electron chi connectivity index (χ4n) is 1.88. The van der Waals surface area contributed by atoms with Crippen molar-refractivity contribution >= 4 is 18.1 Å².